The Kier molecular flexibility index (Phi) is 5.54. The van der Waals surface area contributed by atoms with Gasteiger partial charge in [0.2, 0.25) is 0 Å². The average molecular weight is 311 g/mol. The van der Waals surface area contributed by atoms with Crippen molar-refractivity contribution in [2.75, 3.05) is 7.11 Å². The molecule has 0 unspecified atom stereocenters. The number of rotatable bonds is 5. The van der Waals surface area contributed by atoms with E-state index < -0.39 is 15.9 Å². The molecule has 5 nitrogen and oxygen atoms in total. The Labute approximate surface area is 126 Å². The van der Waals surface area contributed by atoms with Gasteiger partial charge in [0.15, 0.2) is 0 Å². The molecular weight excluding hydrogens is 290 g/mol. The van der Waals surface area contributed by atoms with Crippen LogP contribution in [-0.2, 0) is 14.8 Å². The van der Waals surface area contributed by atoms with Crippen LogP contribution in [0.15, 0.2) is 34.2 Å². The molecule has 0 atom stereocenters. The van der Waals surface area contributed by atoms with Crippen molar-refractivity contribution in [3.63, 3.8) is 0 Å². The summed E-state index contributed by atoms with van der Waals surface area (Å²) in [6, 6.07) is 4.71. The molecule has 116 valence electrons. The summed E-state index contributed by atoms with van der Waals surface area (Å²) in [6.07, 6.45) is 0.692. The lowest BCUT2D eigenvalue weighted by Crippen LogP contribution is -2.32. The van der Waals surface area contributed by atoms with Crippen LogP contribution in [-0.4, -0.2) is 21.4 Å². The van der Waals surface area contributed by atoms with Crippen LogP contribution in [0.3, 0.4) is 0 Å². The molecule has 0 saturated heterocycles. The maximum atomic E-state index is 12.3. The number of nitrogens with one attached hydrogen (secondary N) is 1. The SMILES string of the molecule is CC/C(C)=C(/C)C(=O)NS(=O)(=O)c1cc(OC)ccc1C. The monoisotopic (exact) mass is 311 g/mol. The first-order valence-electron chi connectivity index (χ1n) is 6.61. The summed E-state index contributed by atoms with van der Waals surface area (Å²) >= 11 is 0. The van der Waals surface area contributed by atoms with Gasteiger partial charge in [-0.15, -0.1) is 0 Å². The van der Waals surface area contributed by atoms with Gasteiger partial charge < -0.3 is 4.74 Å². The van der Waals surface area contributed by atoms with Crippen molar-refractivity contribution in [2.45, 2.75) is 39.0 Å². The molecule has 21 heavy (non-hydrogen) atoms. The van der Waals surface area contributed by atoms with Crippen molar-refractivity contribution >= 4 is 15.9 Å². The minimum atomic E-state index is -3.92. The second-order valence-corrected chi connectivity index (χ2v) is 6.48. The molecule has 1 amide bonds. The van der Waals surface area contributed by atoms with Gasteiger partial charge in [-0.05, 0) is 38.8 Å². The largest absolute Gasteiger partial charge is 0.497 e. The van der Waals surface area contributed by atoms with Crippen LogP contribution in [0.1, 0.15) is 32.8 Å². The molecule has 0 aliphatic carbocycles. The molecule has 0 aromatic heterocycles. The Hall–Kier alpha value is -1.82. The van der Waals surface area contributed by atoms with Crippen molar-refractivity contribution < 1.29 is 17.9 Å². The van der Waals surface area contributed by atoms with Crippen LogP contribution in [0, 0.1) is 6.92 Å². The molecule has 0 saturated carbocycles. The Morgan fingerprint density at radius 2 is 1.90 bits per heavy atom. The van der Waals surface area contributed by atoms with Gasteiger partial charge in [0.25, 0.3) is 15.9 Å². The zero-order chi connectivity index (χ0) is 16.2. The van der Waals surface area contributed by atoms with E-state index in [2.05, 4.69) is 4.72 Å². The van der Waals surface area contributed by atoms with E-state index in [1.165, 1.54) is 13.2 Å². The van der Waals surface area contributed by atoms with Gasteiger partial charge in [-0.2, -0.15) is 0 Å². The van der Waals surface area contributed by atoms with Crippen molar-refractivity contribution in [1.29, 1.82) is 0 Å². The second kappa shape index (κ2) is 6.76. The summed E-state index contributed by atoms with van der Waals surface area (Å²) in [5, 5.41) is 0. The van der Waals surface area contributed by atoms with E-state index in [0.717, 1.165) is 5.57 Å². The fraction of sp³-hybridized carbons (Fsp3) is 0.400. The van der Waals surface area contributed by atoms with E-state index in [-0.39, 0.29) is 4.90 Å². The molecule has 1 rings (SSSR count). The lowest BCUT2D eigenvalue weighted by Gasteiger charge is -2.12. The Morgan fingerprint density at radius 1 is 1.29 bits per heavy atom. The minimum absolute atomic E-state index is 0.0390. The summed E-state index contributed by atoms with van der Waals surface area (Å²) in [7, 11) is -2.47. The molecule has 0 fully saturated rings. The van der Waals surface area contributed by atoms with E-state index in [9.17, 15) is 13.2 Å². The molecule has 0 radical (unpaired) electrons. The number of sulfonamides is 1. The first kappa shape index (κ1) is 17.2. The van der Waals surface area contributed by atoms with Crippen LogP contribution in [0.5, 0.6) is 5.75 Å². The number of benzene rings is 1. The average Bonchev–Trinajstić information content (AvgIpc) is 2.45. The fourth-order valence-corrected chi connectivity index (χ4v) is 2.98. The van der Waals surface area contributed by atoms with Crippen LogP contribution >= 0.6 is 0 Å². The lowest BCUT2D eigenvalue weighted by molar-refractivity contribution is -0.115. The smallest absolute Gasteiger partial charge is 0.264 e. The number of aryl methyl sites for hydroxylation is 1. The van der Waals surface area contributed by atoms with Crippen molar-refractivity contribution in [3.8, 4) is 5.75 Å². The van der Waals surface area contributed by atoms with E-state index in [0.29, 0.717) is 23.3 Å². The zero-order valence-corrected chi connectivity index (χ0v) is 13.8. The Bertz CT molecular complexity index is 675. The van der Waals surface area contributed by atoms with Crippen LogP contribution in [0.25, 0.3) is 0 Å². The summed E-state index contributed by atoms with van der Waals surface area (Å²) < 4.78 is 31.8. The highest BCUT2D eigenvalue weighted by molar-refractivity contribution is 7.90. The third-order valence-corrected chi connectivity index (χ3v) is 4.90. The van der Waals surface area contributed by atoms with Gasteiger partial charge in [-0.3, -0.25) is 4.79 Å². The quantitative estimate of drug-likeness (QED) is 0.848. The van der Waals surface area contributed by atoms with Crippen LogP contribution in [0.4, 0.5) is 0 Å². The van der Waals surface area contributed by atoms with Gasteiger partial charge in [-0.1, -0.05) is 18.6 Å². The summed E-state index contributed by atoms with van der Waals surface area (Å²) in [5.41, 5.74) is 1.82. The predicted octanol–water partition coefficient (Wildman–Crippen LogP) is 2.55. The number of ether oxygens (including phenoxy) is 1. The molecule has 6 heteroatoms. The third kappa shape index (κ3) is 4.07. The number of allylic oxidation sites excluding steroid dienone is 1. The summed E-state index contributed by atoms with van der Waals surface area (Å²) in [4.78, 5) is 12.1. The first-order chi connectivity index (χ1) is 9.72. The van der Waals surface area contributed by atoms with E-state index >= 15 is 0 Å². The predicted molar refractivity (Wildman–Crippen MR) is 81.7 cm³/mol. The number of carbonyl (C=O) groups is 1. The standard InChI is InChI=1S/C15H21NO4S/c1-6-10(2)12(4)15(17)16-21(18,19)14-9-13(20-5)8-7-11(14)3/h7-9H,6H2,1-5H3,(H,16,17)/b12-10-. The molecule has 1 N–H and O–H groups in total. The first-order valence-corrected chi connectivity index (χ1v) is 8.09. The van der Waals surface area contributed by atoms with Crippen molar-refractivity contribution in [1.82, 2.24) is 4.72 Å². The van der Waals surface area contributed by atoms with E-state index in [4.69, 9.17) is 4.74 Å². The van der Waals surface area contributed by atoms with Gasteiger partial charge in [0.05, 0.1) is 12.0 Å². The highest BCUT2D eigenvalue weighted by Crippen LogP contribution is 2.21. The topological polar surface area (TPSA) is 72.5 Å². The number of hydrogen-bond acceptors (Lipinski definition) is 4. The van der Waals surface area contributed by atoms with Gasteiger partial charge in [0.1, 0.15) is 5.75 Å². The minimum Gasteiger partial charge on any atom is -0.497 e. The van der Waals surface area contributed by atoms with E-state index in [1.807, 2.05) is 6.92 Å². The molecule has 0 spiro atoms. The second-order valence-electron chi connectivity index (χ2n) is 4.82. The number of carbonyl (C=O) groups excluding carboxylic acids is 1. The van der Waals surface area contributed by atoms with E-state index in [1.54, 1.807) is 32.9 Å². The van der Waals surface area contributed by atoms with Crippen molar-refractivity contribution in [2.24, 2.45) is 0 Å². The third-order valence-electron chi connectivity index (χ3n) is 3.42. The molecular formula is C15H21NO4S. The lowest BCUT2D eigenvalue weighted by atomic mass is 10.1. The summed E-state index contributed by atoms with van der Waals surface area (Å²) in [5.74, 6) is -0.179. The highest BCUT2D eigenvalue weighted by Gasteiger charge is 2.21. The number of hydrogen-bond donors (Lipinski definition) is 1. The summed E-state index contributed by atoms with van der Waals surface area (Å²) in [6.45, 7) is 6.99. The molecule has 0 aliphatic heterocycles. The Balaban J connectivity index is 3.16. The zero-order valence-electron chi connectivity index (χ0n) is 13.0. The maximum absolute atomic E-state index is 12.3. The van der Waals surface area contributed by atoms with Crippen LogP contribution in [0.2, 0.25) is 0 Å². The van der Waals surface area contributed by atoms with Gasteiger partial charge in [0, 0.05) is 11.6 Å². The normalized spacial score (nSPS) is 12.6. The molecule has 0 bridgehead atoms. The van der Waals surface area contributed by atoms with Gasteiger partial charge >= 0.3 is 0 Å². The molecule has 0 heterocycles. The highest BCUT2D eigenvalue weighted by atomic mass is 32.2. The molecule has 0 aliphatic rings. The number of amides is 1. The number of methoxy groups -OCH3 is 1. The fourth-order valence-electron chi connectivity index (χ4n) is 1.71. The van der Waals surface area contributed by atoms with Gasteiger partial charge in [-0.25, -0.2) is 13.1 Å². The molecule has 1 aromatic carbocycles. The molecule has 1 aromatic rings. The maximum Gasteiger partial charge on any atom is 0.264 e. The van der Waals surface area contributed by atoms with Crippen LogP contribution < -0.4 is 9.46 Å². The Morgan fingerprint density at radius 3 is 2.43 bits per heavy atom. The van der Waals surface area contributed by atoms with Crippen molar-refractivity contribution in [3.05, 3.63) is 34.9 Å².